The Morgan fingerprint density at radius 2 is 2.25 bits per heavy atom. The summed E-state index contributed by atoms with van der Waals surface area (Å²) in [6.45, 7) is 9.91. The molecule has 5 heteroatoms. The molecule has 1 aliphatic rings. The minimum absolute atomic E-state index is 0.251. The van der Waals surface area contributed by atoms with Crippen molar-refractivity contribution >= 4 is 5.97 Å². The number of hydrogen-bond donors (Lipinski definition) is 2. The van der Waals surface area contributed by atoms with Crippen LogP contribution in [0, 0.1) is 5.92 Å². The van der Waals surface area contributed by atoms with Gasteiger partial charge < -0.3 is 20.2 Å². The number of hydrogen-bond acceptors (Lipinski definition) is 4. The largest absolute Gasteiger partial charge is 0.480 e. The van der Waals surface area contributed by atoms with Crippen molar-refractivity contribution in [3.63, 3.8) is 0 Å². The molecule has 3 unspecified atom stereocenters. The Hall–Kier alpha value is -0.650. The number of nitrogens with one attached hydrogen (secondary N) is 1. The number of rotatable bonds is 8. The fourth-order valence-corrected chi connectivity index (χ4v) is 3.13. The van der Waals surface area contributed by atoms with Gasteiger partial charge in [0, 0.05) is 19.1 Å². The normalized spacial score (nSPS) is 24.8. The first-order valence-electron chi connectivity index (χ1n) is 7.65. The lowest BCUT2D eigenvalue weighted by molar-refractivity contribution is -0.145. The van der Waals surface area contributed by atoms with Crippen molar-refractivity contribution in [1.82, 2.24) is 15.1 Å². The number of carboxylic acids is 1. The monoisotopic (exact) mass is 285 g/mol. The number of carboxylic acid groups (broad SMARTS) is 1. The minimum Gasteiger partial charge on any atom is -0.480 e. The van der Waals surface area contributed by atoms with Crippen LogP contribution in [0.5, 0.6) is 0 Å². The van der Waals surface area contributed by atoms with Crippen molar-refractivity contribution in [3.8, 4) is 0 Å². The van der Waals surface area contributed by atoms with E-state index in [1.165, 1.54) is 13.0 Å². The lowest BCUT2D eigenvalue weighted by Gasteiger charge is -2.34. The van der Waals surface area contributed by atoms with Gasteiger partial charge in [0.2, 0.25) is 0 Å². The van der Waals surface area contributed by atoms with Gasteiger partial charge in [0.25, 0.3) is 0 Å². The summed E-state index contributed by atoms with van der Waals surface area (Å²) < 4.78 is 0. The van der Waals surface area contributed by atoms with Crippen LogP contribution in [0.3, 0.4) is 0 Å². The van der Waals surface area contributed by atoms with Gasteiger partial charge in [0.1, 0.15) is 5.54 Å². The summed E-state index contributed by atoms with van der Waals surface area (Å²) in [5.41, 5.74) is -0.838. The van der Waals surface area contributed by atoms with Gasteiger partial charge in [-0.3, -0.25) is 4.79 Å². The number of likely N-dealkylation sites (N-methyl/N-ethyl adjacent to an activating group) is 1. The van der Waals surface area contributed by atoms with Crippen molar-refractivity contribution in [2.45, 2.75) is 45.2 Å². The molecule has 1 saturated heterocycles. The molecule has 0 radical (unpaired) electrons. The minimum atomic E-state index is -0.838. The van der Waals surface area contributed by atoms with Crippen LogP contribution in [-0.4, -0.2) is 72.7 Å². The third-order valence-corrected chi connectivity index (χ3v) is 4.53. The Kier molecular flexibility index (Phi) is 6.43. The van der Waals surface area contributed by atoms with Crippen molar-refractivity contribution < 1.29 is 9.90 Å². The summed E-state index contributed by atoms with van der Waals surface area (Å²) in [4.78, 5) is 16.1. The van der Waals surface area contributed by atoms with E-state index in [0.717, 1.165) is 13.1 Å². The summed E-state index contributed by atoms with van der Waals surface area (Å²) in [6.07, 6.45) is 1.87. The summed E-state index contributed by atoms with van der Waals surface area (Å²) >= 11 is 0. The Bertz CT molecular complexity index is 324. The molecule has 20 heavy (non-hydrogen) atoms. The fraction of sp³-hybridized carbons (Fsp3) is 0.933. The van der Waals surface area contributed by atoms with Crippen molar-refractivity contribution in [1.29, 1.82) is 0 Å². The average molecular weight is 285 g/mol. The molecule has 2 N–H and O–H groups in total. The van der Waals surface area contributed by atoms with Gasteiger partial charge in [-0.2, -0.15) is 0 Å². The van der Waals surface area contributed by atoms with Crippen molar-refractivity contribution in [3.05, 3.63) is 0 Å². The highest BCUT2D eigenvalue weighted by Crippen LogP contribution is 2.20. The molecule has 0 aromatic carbocycles. The van der Waals surface area contributed by atoms with E-state index in [9.17, 15) is 9.90 Å². The molecule has 0 aliphatic carbocycles. The maximum absolute atomic E-state index is 11.5. The highest BCUT2D eigenvalue weighted by Gasteiger charge is 2.35. The van der Waals surface area contributed by atoms with Crippen LogP contribution in [0.2, 0.25) is 0 Å². The van der Waals surface area contributed by atoms with Crippen LogP contribution >= 0.6 is 0 Å². The molecule has 0 aromatic heterocycles. The lowest BCUT2D eigenvalue weighted by atomic mass is 9.92. The molecule has 1 aliphatic heterocycles. The Morgan fingerprint density at radius 3 is 2.70 bits per heavy atom. The topological polar surface area (TPSA) is 55.8 Å². The van der Waals surface area contributed by atoms with E-state index in [0.29, 0.717) is 18.9 Å². The van der Waals surface area contributed by atoms with Crippen LogP contribution in [-0.2, 0) is 4.79 Å². The summed E-state index contributed by atoms with van der Waals surface area (Å²) in [5.74, 6) is -0.0529. The lowest BCUT2D eigenvalue weighted by Crippen LogP contribution is -2.53. The molecule has 1 heterocycles. The van der Waals surface area contributed by atoms with Gasteiger partial charge in [0.05, 0.1) is 0 Å². The summed E-state index contributed by atoms with van der Waals surface area (Å²) in [5, 5.41) is 12.5. The Labute approximate surface area is 123 Å². The standard InChI is InChI=1S/C15H31N3O2/c1-6-16-15(3,14(19)20)9-12(2)18(5)11-13-7-8-17(4)10-13/h12-13,16H,6-11H2,1-5H3,(H,19,20). The molecule has 118 valence electrons. The molecular weight excluding hydrogens is 254 g/mol. The van der Waals surface area contributed by atoms with Gasteiger partial charge in [-0.1, -0.05) is 6.92 Å². The maximum Gasteiger partial charge on any atom is 0.323 e. The molecule has 0 bridgehead atoms. The predicted octanol–water partition coefficient (Wildman–Crippen LogP) is 1.10. The van der Waals surface area contributed by atoms with Crippen LogP contribution in [0.15, 0.2) is 0 Å². The number of likely N-dealkylation sites (tertiary alicyclic amines) is 1. The molecule has 1 fully saturated rings. The average Bonchev–Trinajstić information content (AvgIpc) is 2.74. The van der Waals surface area contributed by atoms with Gasteiger partial charge >= 0.3 is 5.97 Å². The van der Waals surface area contributed by atoms with Crippen LogP contribution in [0.1, 0.15) is 33.6 Å². The molecule has 0 saturated carbocycles. The van der Waals surface area contributed by atoms with E-state index in [4.69, 9.17) is 0 Å². The third kappa shape index (κ3) is 4.72. The van der Waals surface area contributed by atoms with Gasteiger partial charge in [-0.05, 0) is 59.8 Å². The molecular formula is C15H31N3O2. The quantitative estimate of drug-likeness (QED) is 0.699. The number of nitrogens with zero attached hydrogens (tertiary/aromatic N) is 2. The van der Waals surface area contributed by atoms with Crippen LogP contribution in [0.25, 0.3) is 0 Å². The fourth-order valence-electron chi connectivity index (χ4n) is 3.13. The predicted molar refractivity (Wildman–Crippen MR) is 82.0 cm³/mol. The van der Waals surface area contributed by atoms with Gasteiger partial charge in [0.15, 0.2) is 0 Å². The van der Waals surface area contributed by atoms with E-state index < -0.39 is 11.5 Å². The van der Waals surface area contributed by atoms with Crippen molar-refractivity contribution in [2.75, 3.05) is 40.3 Å². The molecule has 1 rings (SSSR count). The van der Waals surface area contributed by atoms with Crippen LogP contribution < -0.4 is 5.32 Å². The second kappa shape index (κ2) is 7.38. The second-order valence-corrected chi connectivity index (χ2v) is 6.58. The SMILES string of the molecule is CCNC(C)(CC(C)N(C)CC1CCN(C)C1)C(=O)O. The molecule has 3 atom stereocenters. The first kappa shape index (κ1) is 17.4. The maximum atomic E-state index is 11.5. The number of carbonyl (C=O) groups is 1. The third-order valence-electron chi connectivity index (χ3n) is 4.53. The molecule has 5 nitrogen and oxygen atoms in total. The second-order valence-electron chi connectivity index (χ2n) is 6.58. The zero-order valence-electron chi connectivity index (χ0n) is 13.6. The van der Waals surface area contributed by atoms with Crippen molar-refractivity contribution in [2.24, 2.45) is 5.92 Å². The molecule has 0 spiro atoms. The smallest absolute Gasteiger partial charge is 0.323 e. The molecule has 0 aromatic rings. The zero-order chi connectivity index (χ0) is 15.3. The Morgan fingerprint density at radius 1 is 1.60 bits per heavy atom. The highest BCUT2D eigenvalue weighted by molar-refractivity contribution is 5.78. The first-order valence-corrected chi connectivity index (χ1v) is 7.65. The van der Waals surface area contributed by atoms with E-state index in [2.05, 4.69) is 36.1 Å². The number of aliphatic carboxylic acids is 1. The van der Waals surface area contributed by atoms with Crippen LogP contribution in [0.4, 0.5) is 0 Å². The molecule has 0 amide bonds. The Balaban J connectivity index is 2.51. The first-order chi connectivity index (χ1) is 9.28. The van der Waals surface area contributed by atoms with E-state index in [1.807, 2.05) is 6.92 Å². The van der Waals surface area contributed by atoms with E-state index in [-0.39, 0.29) is 6.04 Å². The highest BCUT2D eigenvalue weighted by atomic mass is 16.4. The van der Waals surface area contributed by atoms with E-state index >= 15 is 0 Å². The van der Waals surface area contributed by atoms with Gasteiger partial charge in [-0.15, -0.1) is 0 Å². The van der Waals surface area contributed by atoms with Gasteiger partial charge in [-0.25, -0.2) is 0 Å². The summed E-state index contributed by atoms with van der Waals surface area (Å²) in [7, 11) is 4.27. The van der Waals surface area contributed by atoms with E-state index in [1.54, 1.807) is 6.92 Å². The zero-order valence-corrected chi connectivity index (χ0v) is 13.6. The summed E-state index contributed by atoms with van der Waals surface area (Å²) in [6, 6.07) is 0.251.